The van der Waals surface area contributed by atoms with Crippen molar-refractivity contribution in [1.29, 1.82) is 0 Å². The Morgan fingerprint density at radius 2 is 2.06 bits per heavy atom. The van der Waals surface area contributed by atoms with Gasteiger partial charge in [-0.1, -0.05) is 37.6 Å². The lowest BCUT2D eigenvalue weighted by Crippen LogP contribution is -2.38. The van der Waals surface area contributed by atoms with Gasteiger partial charge in [-0.2, -0.15) is 0 Å². The lowest BCUT2D eigenvalue weighted by molar-refractivity contribution is 0.101. The van der Waals surface area contributed by atoms with Crippen LogP contribution in [0.5, 0.6) is 0 Å². The molecular formula is C14H23NO. The fourth-order valence-electron chi connectivity index (χ4n) is 1.77. The molecule has 1 aromatic rings. The van der Waals surface area contributed by atoms with Gasteiger partial charge in [-0.25, -0.2) is 0 Å². The Labute approximate surface area is 98.8 Å². The summed E-state index contributed by atoms with van der Waals surface area (Å²) in [6.07, 6.45) is 2.27. The maximum absolute atomic E-state index is 6.26. The first-order valence-corrected chi connectivity index (χ1v) is 6.06. The Bertz CT molecular complexity index is 320. The third kappa shape index (κ3) is 3.62. The molecule has 0 aliphatic rings. The lowest BCUT2D eigenvalue weighted by atomic mass is 9.92. The average molecular weight is 221 g/mol. The molecule has 0 heterocycles. The molecule has 1 atom stereocenters. The molecule has 0 radical (unpaired) electrons. The standard InChI is InChI=1S/C14H23NO/c1-4-7-12-8-6-9-13(10-12)14(3,15)11-16-5-2/h6,8-10H,4-5,7,11,15H2,1-3H3. The molecule has 0 aliphatic heterocycles. The van der Waals surface area contributed by atoms with E-state index in [-0.39, 0.29) is 5.54 Å². The summed E-state index contributed by atoms with van der Waals surface area (Å²) in [5.74, 6) is 0. The summed E-state index contributed by atoms with van der Waals surface area (Å²) < 4.78 is 5.43. The van der Waals surface area contributed by atoms with Crippen molar-refractivity contribution in [3.8, 4) is 0 Å². The van der Waals surface area contributed by atoms with E-state index in [1.165, 1.54) is 5.56 Å². The number of hydrogen-bond donors (Lipinski definition) is 1. The van der Waals surface area contributed by atoms with E-state index in [2.05, 4.69) is 31.2 Å². The summed E-state index contributed by atoms with van der Waals surface area (Å²) in [7, 11) is 0. The molecule has 0 amide bonds. The van der Waals surface area contributed by atoms with E-state index >= 15 is 0 Å². The molecule has 0 saturated heterocycles. The molecule has 2 nitrogen and oxygen atoms in total. The fourth-order valence-corrected chi connectivity index (χ4v) is 1.77. The molecule has 16 heavy (non-hydrogen) atoms. The van der Waals surface area contributed by atoms with Crippen molar-refractivity contribution in [2.24, 2.45) is 5.73 Å². The van der Waals surface area contributed by atoms with Crippen LogP contribution in [0, 0.1) is 0 Å². The van der Waals surface area contributed by atoms with Gasteiger partial charge in [-0.05, 0) is 31.4 Å². The van der Waals surface area contributed by atoms with Gasteiger partial charge in [0.15, 0.2) is 0 Å². The predicted octanol–water partition coefficient (Wildman–Crippen LogP) is 2.85. The molecule has 1 rings (SSSR count). The Morgan fingerprint density at radius 3 is 2.69 bits per heavy atom. The molecule has 1 unspecified atom stereocenters. The first-order chi connectivity index (χ1) is 7.60. The minimum Gasteiger partial charge on any atom is -0.379 e. The van der Waals surface area contributed by atoms with E-state index in [1.807, 2.05) is 13.8 Å². The highest BCUT2D eigenvalue weighted by Crippen LogP contribution is 2.20. The van der Waals surface area contributed by atoms with Crippen molar-refractivity contribution in [2.45, 2.75) is 39.2 Å². The molecule has 0 bridgehead atoms. The van der Waals surface area contributed by atoms with Crippen LogP contribution in [-0.4, -0.2) is 13.2 Å². The molecule has 2 N–H and O–H groups in total. The number of ether oxygens (including phenoxy) is 1. The van der Waals surface area contributed by atoms with Gasteiger partial charge >= 0.3 is 0 Å². The minimum absolute atomic E-state index is 0.389. The monoisotopic (exact) mass is 221 g/mol. The van der Waals surface area contributed by atoms with Gasteiger partial charge in [-0.15, -0.1) is 0 Å². The van der Waals surface area contributed by atoms with Crippen LogP contribution in [0.1, 0.15) is 38.3 Å². The van der Waals surface area contributed by atoms with E-state index < -0.39 is 0 Å². The van der Waals surface area contributed by atoms with Gasteiger partial charge in [0.05, 0.1) is 12.1 Å². The molecule has 1 aromatic carbocycles. The minimum atomic E-state index is -0.389. The van der Waals surface area contributed by atoms with Crippen LogP contribution >= 0.6 is 0 Å². The lowest BCUT2D eigenvalue weighted by Gasteiger charge is -2.25. The van der Waals surface area contributed by atoms with E-state index in [9.17, 15) is 0 Å². The summed E-state index contributed by atoms with van der Waals surface area (Å²) in [5.41, 5.74) is 8.39. The average Bonchev–Trinajstić information content (AvgIpc) is 2.27. The smallest absolute Gasteiger partial charge is 0.0685 e. The van der Waals surface area contributed by atoms with Crippen molar-refractivity contribution in [3.05, 3.63) is 35.4 Å². The van der Waals surface area contributed by atoms with Crippen LogP contribution in [0.2, 0.25) is 0 Å². The highest BCUT2D eigenvalue weighted by atomic mass is 16.5. The summed E-state index contributed by atoms with van der Waals surface area (Å²) in [6.45, 7) is 7.48. The van der Waals surface area contributed by atoms with Crippen LogP contribution in [0.4, 0.5) is 0 Å². The molecule has 0 saturated carbocycles. The maximum atomic E-state index is 6.26. The molecule has 0 aromatic heterocycles. The second kappa shape index (κ2) is 6.02. The predicted molar refractivity (Wildman–Crippen MR) is 68.5 cm³/mol. The van der Waals surface area contributed by atoms with Crippen molar-refractivity contribution in [2.75, 3.05) is 13.2 Å². The van der Waals surface area contributed by atoms with Gasteiger partial charge < -0.3 is 10.5 Å². The third-order valence-corrected chi connectivity index (χ3v) is 2.73. The first kappa shape index (κ1) is 13.2. The fraction of sp³-hybridized carbons (Fsp3) is 0.571. The van der Waals surface area contributed by atoms with Gasteiger partial charge in [0, 0.05) is 6.61 Å². The summed E-state index contributed by atoms with van der Waals surface area (Å²) >= 11 is 0. The van der Waals surface area contributed by atoms with Crippen LogP contribution in [0.25, 0.3) is 0 Å². The second-order valence-corrected chi connectivity index (χ2v) is 4.50. The van der Waals surface area contributed by atoms with E-state index in [0.717, 1.165) is 18.4 Å². The summed E-state index contributed by atoms with van der Waals surface area (Å²) in [5, 5.41) is 0. The van der Waals surface area contributed by atoms with Crippen molar-refractivity contribution in [3.63, 3.8) is 0 Å². The Hall–Kier alpha value is -0.860. The Balaban J connectivity index is 2.80. The van der Waals surface area contributed by atoms with E-state index in [4.69, 9.17) is 10.5 Å². The topological polar surface area (TPSA) is 35.2 Å². The van der Waals surface area contributed by atoms with Gasteiger partial charge in [0.1, 0.15) is 0 Å². The van der Waals surface area contributed by atoms with Crippen molar-refractivity contribution < 1.29 is 4.74 Å². The molecule has 0 aliphatic carbocycles. The number of aryl methyl sites for hydroxylation is 1. The summed E-state index contributed by atoms with van der Waals surface area (Å²) in [6, 6.07) is 8.52. The zero-order valence-electron chi connectivity index (χ0n) is 10.6. The number of rotatable bonds is 6. The molecular weight excluding hydrogens is 198 g/mol. The van der Waals surface area contributed by atoms with Gasteiger partial charge in [0.25, 0.3) is 0 Å². The summed E-state index contributed by atoms with van der Waals surface area (Å²) in [4.78, 5) is 0. The zero-order valence-corrected chi connectivity index (χ0v) is 10.6. The SMILES string of the molecule is CCCc1cccc(C(C)(N)COCC)c1. The molecule has 2 heteroatoms. The zero-order chi connectivity index (χ0) is 12.0. The van der Waals surface area contributed by atoms with Crippen LogP contribution in [0.15, 0.2) is 24.3 Å². The van der Waals surface area contributed by atoms with E-state index in [0.29, 0.717) is 13.2 Å². The number of benzene rings is 1. The van der Waals surface area contributed by atoms with Crippen LogP contribution in [0.3, 0.4) is 0 Å². The van der Waals surface area contributed by atoms with Gasteiger partial charge in [0.2, 0.25) is 0 Å². The normalized spacial score (nSPS) is 14.8. The Morgan fingerprint density at radius 1 is 1.31 bits per heavy atom. The highest BCUT2D eigenvalue weighted by Gasteiger charge is 2.21. The molecule has 0 spiro atoms. The van der Waals surface area contributed by atoms with Crippen molar-refractivity contribution in [1.82, 2.24) is 0 Å². The molecule has 90 valence electrons. The van der Waals surface area contributed by atoms with Crippen LogP contribution in [-0.2, 0) is 16.7 Å². The maximum Gasteiger partial charge on any atom is 0.0685 e. The number of hydrogen-bond acceptors (Lipinski definition) is 2. The Kier molecular flexibility index (Phi) is 4.97. The van der Waals surface area contributed by atoms with Crippen LogP contribution < -0.4 is 5.73 Å². The number of nitrogens with two attached hydrogens (primary N) is 1. The largest absolute Gasteiger partial charge is 0.379 e. The second-order valence-electron chi connectivity index (χ2n) is 4.50. The third-order valence-electron chi connectivity index (χ3n) is 2.73. The highest BCUT2D eigenvalue weighted by molar-refractivity contribution is 5.29. The van der Waals surface area contributed by atoms with E-state index in [1.54, 1.807) is 0 Å². The van der Waals surface area contributed by atoms with Gasteiger partial charge in [-0.3, -0.25) is 0 Å². The quantitative estimate of drug-likeness (QED) is 0.801. The molecule has 0 fully saturated rings. The van der Waals surface area contributed by atoms with Crippen molar-refractivity contribution >= 4 is 0 Å². The first-order valence-electron chi connectivity index (χ1n) is 6.06.